The van der Waals surface area contributed by atoms with Gasteiger partial charge >= 0.3 is 19.1 Å². The molecule has 0 saturated carbocycles. The summed E-state index contributed by atoms with van der Waals surface area (Å²) in [6.07, 6.45) is 13.1. The monoisotopic (exact) mass is 1220 g/mol. The van der Waals surface area contributed by atoms with Gasteiger partial charge in [-0.15, -0.1) is 0 Å². The van der Waals surface area contributed by atoms with Crippen molar-refractivity contribution < 1.29 is 57.1 Å². The number of aryl methyl sites for hydroxylation is 4. The predicted molar refractivity (Wildman–Crippen MR) is 267 cm³/mol. The van der Waals surface area contributed by atoms with Crippen LogP contribution in [0, 0.1) is 11.6 Å². The van der Waals surface area contributed by atoms with Gasteiger partial charge in [0.2, 0.25) is 23.6 Å². The Bertz CT molecular complexity index is 2300. The molecule has 69 heavy (non-hydrogen) atoms. The first-order chi connectivity index (χ1) is 32.9. The van der Waals surface area contributed by atoms with Crippen LogP contribution in [0.3, 0.4) is 0 Å². The quantitative estimate of drug-likeness (QED) is 0.113. The fourth-order valence-corrected chi connectivity index (χ4v) is 8.23. The molecule has 7 heterocycles. The number of carbonyl (C=O) groups excluding carboxylic acids is 6. The van der Waals surface area contributed by atoms with Crippen LogP contribution in [0.25, 0.3) is 11.3 Å². The summed E-state index contributed by atoms with van der Waals surface area (Å²) in [6.45, 7) is 4.59. The Morgan fingerprint density at radius 1 is 0.725 bits per heavy atom. The van der Waals surface area contributed by atoms with E-state index >= 15 is 0 Å². The van der Waals surface area contributed by atoms with Crippen molar-refractivity contribution in [2.75, 3.05) is 52.3 Å². The molecule has 0 spiro atoms. The van der Waals surface area contributed by atoms with Crippen LogP contribution in [0.5, 0.6) is 0 Å². The van der Waals surface area contributed by atoms with E-state index in [2.05, 4.69) is 97.6 Å². The van der Waals surface area contributed by atoms with Gasteiger partial charge in [0.25, 0.3) is 0 Å². The maximum absolute atomic E-state index is 13.9. The second kappa shape index (κ2) is 30.9. The molecule has 18 nitrogen and oxygen atoms in total. The number of alkyl halides is 1. The van der Waals surface area contributed by atoms with Crippen molar-refractivity contribution in [1.82, 2.24) is 34.2 Å². The van der Waals surface area contributed by atoms with Gasteiger partial charge in [-0.05, 0) is 98.1 Å². The zero-order valence-corrected chi connectivity index (χ0v) is 44.5. The SMILES string of the molecule is Brc1cn2c(n1)CCC2.COC(=O)CBr.COC(=O)CN1CCCC1=O.Fc1c(Br)cccc1-c1cn2c(n1)CCC2.NC(=O)CN1CCCC1=O.O=C1CCCN1.OB(O)c1cccc(Br)c1F. The zero-order chi connectivity index (χ0) is 51.0. The van der Waals surface area contributed by atoms with Gasteiger partial charge in [0.15, 0.2) is 0 Å². The van der Waals surface area contributed by atoms with E-state index in [0.29, 0.717) is 36.0 Å². The van der Waals surface area contributed by atoms with Crippen LogP contribution >= 0.6 is 63.7 Å². The van der Waals surface area contributed by atoms with Crippen LogP contribution < -0.4 is 16.5 Å². The van der Waals surface area contributed by atoms with Crippen LogP contribution in [0.15, 0.2) is 62.3 Å². The number of imidazole rings is 2. The van der Waals surface area contributed by atoms with Crippen molar-refractivity contribution >= 4 is 112 Å². The summed E-state index contributed by atoms with van der Waals surface area (Å²) in [4.78, 5) is 74.6. The molecule has 0 unspecified atom stereocenters. The van der Waals surface area contributed by atoms with Gasteiger partial charge in [0.1, 0.15) is 39.8 Å². The zero-order valence-electron chi connectivity index (χ0n) is 38.1. The third-order valence-corrected chi connectivity index (χ3v) is 12.3. The Kier molecular flexibility index (Phi) is 26.3. The molecule has 0 aliphatic carbocycles. The van der Waals surface area contributed by atoms with E-state index < -0.39 is 18.8 Å². The molecule has 9 rings (SSSR count). The molecule has 5 aliphatic rings. The van der Waals surface area contributed by atoms with Crippen LogP contribution in [0.1, 0.15) is 63.0 Å². The highest BCUT2D eigenvalue weighted by Gasteiger charge is 2.23. The molecule has 5 aliphatic heterocycles. The van der Waals surface area contributed by atoms with E-state index in [-0.39, 0.29) is 63.8 Å². The summed E-state index contributed by atoms with van der Waals surface area (Å²) >= 11 is 12.3. The number of nitrogens with two attached hydrogens (primary N) is 1. The van der Waals surface area contributed by atoms with Gasteiger partial charge in [-0.1, -0.05) is 34.1 Å². The second-order valence-electron chi connectivity index (χ2n) is 15.3. The van der Waals surface area contributed by atoms with Gasteiger partial charge in [0.05, 0.1) is 35.4 Å². The number of amides is 4. The molecule has 0 radical (unpaired) electrons. The van der Waals surface area contributed by atoms with Crippen LogP contribution in [0.2, 0.25) is 0 Å². The van der Waals surface area contributed by atoms with E-state index in [4.69, 9.17) is 15.8 Å². The molecule has 4 aromatic rings. The highest BCUT2D eigenvalue weighted by Crippen LogP contribution is 2.29. The first-order valence-electron chi connectivity index (χ1n) is 21.7. The van der Waals surface area contributed by atoms with Crippen LogP contribution in [-0.4, -0.2) is 134 Å². The first kappa shape index (κ1) is 58.8. The molecule has 376 valence electrons. The average Bonchev–Trinajstić information content (AvgIpc) is 4.20. The molecule has 0 atom stereocenters. The summed E-state index contributed by atoms with van der Waals surface area (Å²) in [6, 6.07) is 9.61. The van der Waals surface area contributed by atoms with Crippen molar-refractivity contribution in [3.63, 3.8) is 0 Å². The second-order valence-corrected chi connectivity index (χ2v) is 18.4. The third kappa shape index (κ3) is 20.4. The maximum atomic E-state index is 13.9. The van der Waals surface area contributed by atoms with E-state index in [9.17, 15) is 37.5 Å². The van der Waals surface area contributed by atoms with Crippen molar-refractivity contribution in [3.8, 4) is 11.3 Å². The Hall–Kier alpha value is -4.56. The predicted octanol–water partition coefficient (Wildman–Crippen LogP) is 4.58. The Balaban J connectivity index is 0.000000218. The van der Waals surface area contributed by atoms with Crippen molar-refractivity contribution in [2.45, 2.75) is 77.3 Å². The molecule has 25 heteroatoms. The fraction of sp³-hybridized carbons (Fsp3) is 0.455. The number of halogens is 6. The standard InChI is InChI=1S/C12H10BrFN2.C7H11NO3.C6H5BBrFO2.C6H7BrN2.C6H10N2O2.C4H7NO.C3H5BrO2/c13-9-4-1-3-8(12(9)14)10-7-16-6-2-5-11(16)15-10;1-11-7(10)5-8-4-2-3-6(8)9;8-5-3-1-2-4(6(5)9)7(10)11;7-5-4-9-3-1-2-6(9)8-5;7-5(9)4-8-3-1-2-6(8)10;6-4-2-1-3-5-4;1-6-3(5)2-4/h1,3-4,7H,2,5-6H2;2-5H2,1H3;1-3,10-11H;4H,1-3H2;1-4H2,(H2,7,9);1-3H2,(H,5,6);2H2,1H3. The minimum absolute atomic E-state index is 0.0406. The van der Waals surface area contributed by atoms with Gasteiger partial charge in [0, 0.05) is 88.2 Å². The molecule has 4 amide bonds. The summed E-state index contributed by atoms with van der Waals surface area (Å²) in [5.41, 5.74) is 6.07. The first-order valence-corrected chi connectivity index (χ1v) is 25.2. The molecule has 5 N–H and O–H groups in total. The van der Waals surface area contributed by atoms with E-state index in [1.807, 2.05) is 18.5 Å². The van der Waals surface area contributed by atoms with Gasteiger partial charge in [-0.2, -0.15) is 0 Å². The fourth-order valence-electron chi connectivity index (χ4n) is 6.80. The number of fused-ring (bicyclic) bond motifs is 2. The lowest BCUT2D eigenvalue weighted by atomic mass is 9.80. The minimum Gasteiger partial charge on any atom is -0.468 e. The molecular formula is C44H55BBr4F2N8O10. The number of likely N-dealkylation sites (tertiary alicyclic amines) is 2. The van der Waals surface area contributed by atoms with Crippen LogP contribution in [0.4, 0.5) is 8.78 Å². The Morgan fingerprint density at radius 3 is 1.68 bits per heavy atom. The van der Waals surface area contributed by atoms with Gasteiger partial charge < -0.3 is 49.5 Å². The number of primary amides is 1. The molecule has 3 saturated heterocycles. The highest BCUT2D eigenvalue weighted by atomic mass is 79.9. The smallest absolute Gasteiger partial charge is 0.468 e. The number of rotatable bonds is 7. The summed E-state index contributed by atoms with van der Waals surface area (Å²) < 4.78 is 41.4. The average molecular weight is 1220 g/mol. The van der Waals surface area contributed by atoms with Gasteiger partial charge in [-0.3, -0.25) is 28.8 Å². The van der Waals surface area contributed by atoms with Crippen molar-refractivity contribution in [1.29, 1.82) is 0 Å². The molecule has 2 aromatic carbocycles. The van der Waals surface area contributed by atoms with E-state index in [0.717, 1.165) is 80.7 Å². The van der Waals surface area contributed by atoms with Gasteiger partial charge in [-0.25, -0.2) is 18.7 Å². The number of aromatic nitrogens is 4. The molecule has 0 bridgehead atoms. The van der Waals surface area contributed by atoms with E-state index in [1.54, 1.807) is 12.1 Å². The maximum Gasteiger partial charge on any atom is 0.491 e. The summed E-state index contributed by atoms with van der Waals surface area (Å²) in [5.74, 6) is 0.688. The Morgan fingerprint density at radius 2 is 1.26 bits per heavy atom. The molecular weight excluding hydrogens is 1170 g/mol. The number of nitrogens with one attached hydrogen (secondary N) is 1. The number of carbonyl (C=O) groups is 6. The van der Waals surface area contributed by atoms with Crippen molar-refractivity contribution in [2.24, 2.45) is 5.73 Å². The molecule has 2 aromatic heterocycles. The normalized spacial score (nSPS) is 14.8. The number of esters is 2. The number of hydrogen-bond donors (Lipinski definition) is 4. The largest absolute Gasteiger partial charge is 0.491 e. The highest BCUT2D eigenvalue weighted by molar-refractivity contribution is 9.11. The topological polar surface area (TPSA) is 242 Å². The summed E-state index contributed by atoms with van der Waals surface area (Å²) in [5, 5.41) is 20.2. The lowest BCUT2D eigenvalue weighted by molar-refractivity contribution is -0.145. The third-order valence-electron chi connectivity index (χ3n) is 10.3. The number of benzene rings is 2. The lowest BCUT2D eigenvalue weighted by Gasteiger charge is -2.12. The Labute approximate surface area is 432 Å². The van der Waals surface area contributed by atoms with E-state index in [1.165, 1.54) is 54.5 Å². The molecule has 3 fully saturated rings. The minimum atomic E-state index is -1.76. The number of ether oxygens (including phenoxy) is 2. The van der Waals surface area contributed by atoms with Crippen molar-refractivity contribution in [3.05, 3.63) is 85.6 Å². The summed E-state index contributed by atoms with van der Waals surface area (Å²) in [7, 11) is 0.916. The lowest BCUT2D eigenvalue weighted by Crippen LogP contribution is -2.34. The number of nitrogens with zero attached hydrogens (tertiary/aromatic N) is 6. The van der Waals surface area contributed by atoms with Crippen LogP contribution in [-0.2, 0) is 64.2 Å². The number of methoxy groups -OCH3 is 2. The number of hydrogen-bond acceptors (Lipinski definition) is 12.